The normalized spacial score (nSPS) is 13.8. The van der Waals surface area contributed by atoms with Crippen molar-refractivity contribution in [1.29, 1.82) is 0 Å². The molecule has 0 saturated heterocycles. The van der Waals surface area contributed by atoms with Crippen molar-refractivity contribution in [3.63, 3.8) is 0 Å². The zero-order valence-electron chi connectivity index (χ0n) is 15.9. The molecule has 6 heteroatoms. The van der Waals surface area contributed by atoms with Gasteiger partial charge in [-0.05, 0) is 42.3 Å². The molecule has 1 heterocycles. The largest absolute Gasteiger partial charge is 0.485 e. The molecule has 0 fully saturated rings. The van der Waals surface area contributed by atoms with Gasteiger partial charge >= 0.3 is 0 Å². The minimum absolute atomic E-state index is 0.112. The Balaban J connectivity index is 1.55. The third-order valence-corrected chi connectivity index (χ3v) is 5.22. The van der Waals surface area contributed by atoms with Crippen molar-refractivity contribution in [3.8, 4) is 11.5 Å². The fraction of sp³-hybridized carbons (Fsp3) is 0.0833. The van der Waals surface area contributed by atoms with Gasteiger partial charge in [-0.1, -0.05) is 59.6 Å². The van der Waals surface area contributed by atoms with E-state index in [-0.39, 0.29) is 23.9 Å². The van der Waals surface area contributed by atoms with Gasteiger partial charge in [-0.2, -0.15) is 0 Å². The van der Waals surface area contributed by atoms with Crippen molar-refractivity contribution in [2.24, 2.45) is 0 Å². The zero-order chi connectivity index (χ0) is 21.3. The number of fused-ring (bicyclic) bond motifs is 1. The van der Waals surface area contributed by atoms with Crippen LogP contribution < -0.4 is 9.47 Å². The molecule has 0 amide bonds. The Labute approximate surface area is 183 Å². The summed E-state index contributed by atoms with van der Waals surface area (Å²) in [4.78, 5) is 25.1. The monoisotopic (exact) mass is 438 g/mol. The van der Waals surface area contributed by atoms with E-state index >= 15 is 0 Å². The van der Waals surface area contributed by atoms with Crippen LogP contribution in [0.15, 0.2) is 66.4 Å². The van der Waals surface area contributed by atoms with Crippen LogP contribution >= 0.6 is 23.2 Å². The number of Topliss-reactive ketones (excluding diaryl/α,β-unsaturated/α-hetero) is 2. The average molecular weight is 439 g/mol. The molecular formula is C24H16Cl2O4. The summed E-state index contributed by atoms with van der Waals surface area (Å²) in [5.41, 5.74) is 2.37. The van der Waals surface area contributed by atoms with Gasteiger partial charge in [0.1, 0.15) is 11.5 Å². The summed E-state index contributed by atoms with van der Waals surface area (Å²) < 4.78 is 11.4. The molecule has 0 unspecified atom stereocenters. The Morgan fingerprint density at radius 3 is 2.57 bits per heavy atom. The van der Waals surface area contributed by atoms with Crippen molar-refractivity contribution in [1.82, 2.24) is 0 Å². The maximum Gasteiger partial charge on any atom is 0.232 e. The van der Waals surface area contributed by atoms with Crippen LogP contribution in [-0.4, -0.2) is 18.2 Å². The quantitative estimate of drug-likeness (QED) is 0.352. The van der Waals surface area contributed by atoms with Crippen LogP contribution in [0.2, 0.25) is 10.0 Å². The second kappa shape index (κ2) is 8.34. The molecule has 3 aromatic rings. The smallest absolute Gasteiger partial charge is 0.232 e. The van der Waals surface area contributed by atoms with Crippen LogP contribution in [0.25, 0.3) is 6.08 Å². The minimum atomic E-state index is -0.236. The fourth-order valence-electron chi connectivity index (χ4n) is 3.18. The molecule has 0 N–H and O–H groups in total. The Hall–Kier alpha value is -3.08. The molecule has 0 aromatic heterocycles. The Bertz CT molecular complexity index is 1180. The molecule has 3 aromatic carbocycles. The fourth-order valence-corrected chi connectivity index (χ4v) is 3.64. The highest BCUT2D eigenvalue weighted by molar-refractivity contribution is 6.35. The minimum Gasteiger partial charge on any atom is -0.485 e. The molecule has 0 saturated carbocycles. The molecule has 30 heavy (non-hydrogen) atoms. The van der Waals surface area contributed by atoms with Gasteiger partial charge in [0.2, 0.25) is 5.78 Å². The van der Waals surface area contributed by atoms with Crippen LogP contribution in [0.3, 0.4) is 0 Å². The van der Waals surface area contributed by atoms with Crippen LogP contribution in [0.5, 0.6) is 11.5 Å². The highest BCUT2D eigenvalue weighted by Crippen LogP contribution is 2.38. The molecule has 0 radical (unpaired) electrons. The molecular weight excluding hydrogens is 423 g/mol. The summed E-state index contributed by atoms with van der Waals surface area (Å²) in [5.74, 6) is 0.631. The zero-order valence-corrected chi connectivity index (χ0v) is 17.5. The standard InChI is InChI=1S/C24H16Cl2O4/c1-14-9-18(29-13-20(27)15-5-3-2-4-6-15)12-21-23(14)24(28)22(30-21)10-16-7-8-17(25)11-19(16)26/h2-12H,13H2,1H3/b22-10-. The average Bonchev–Trinajstić information content (AvgIpc) is 3.04. The first-order valence-corrected chi connectivity index (χ1v) is 9.93. The third kappa shape index (κ3) is 4.11. The van der Waals surface area contributed by atoms with Crippen molar-refractivity contribution >= 4 is 40.8 Å². The predicted molar refractivity (Wildman–Crippen MR) is 117 cm³/mol. The molecule has 0 atom stereocenters. The van der Waals surface area contributed by atoms with Crippen molar-refractivity contribution < 1.29 is 19.1 Å². The predicted octanol–water partition coefficient (Wildman–Crippen LogP) is 6.18. The van der Waals surface area contributed by atoms with Gasteiger partial charge in [0.15, 0.2) is 18.1 Å². The van der Waals surface area contributed by atoms with Crippen LogP contribution in [-0.2, 0) is 0 Å². The van der Waals surface area contributed by atoms with E-state index in [0.717, 1.165) is 0 Å². The number of hydrogen-bond donors (Lipinski definition) is 0. The summed E-state index contributed by atoms with van der Waals surface area (Å²) in [5, 5.41) is 0.925. The number of allylic oxidation sites excluding steroid dienone is 1. The molecule has 0 aliphatic carbocycles. The lowest BCUT2D eigenvalue weighted by Gasteiger charge is -2.08. The second-order valence-electron chi connectivity index (χ2n) is 6.80. The van der Waals surface area contributed by atoms with Crippen LogP contribution in [0.1, 0.15) is 31.8 Å². The van der Waals surface area contributed by atoms with E-state index in [0.29, 0.717) is 43.8 Å². The lowest BCUT2D eigenvalue weighted by molar-refractivity contribution is 0.0920. The van der Waals surface area contributed by atoms with E-state index in [4.69, 9.17) is 32.7 Å². The lowest BCUT2D eigenvalue weighted by atomic mass is 10.0. The molecule has 4 nitrogen and oxygen atoms in total. The Morgan fingerprint density at radius 1 is 1.07 bits per heavy atom. The first-order valence-electron chi connectivity index (χ1n) is 9.17. The number of rotatable bonds is 5. The second-order valence-corrected chi connectivity index (χ2v) is 7.64. The molecule has 150 valence electrons. The summed E-state index contributed by atoms with van der Waals surface area (Å²) in [6.07, 6.45) is 1.58. The van der Waals surface area contributed by atoms with E-state index in [9.17, 15) is 9.59 Å². The van der Waals surface area contributed by atoms with Crippen molar-refractivity contribution in [2.75, 3.05) is 6.61 Å². The van der Waals surface area contributed by atoms with Crippen LogP contribution in [0.4, 0.5) is 0 Å². The van der Waals surface area contributed by atoms with Gasteiger partial charge in [-0.3, -0.25) is 9.59 Å². The van der Waals surface area contributed by atoms with Gasteiger partial charge in [-0.15, -0.1) is 0 Å². The van der Waals surface area contributed by atoms with E-state index < -0.39 is 0 Å². The summed E-state index contributed by atoms with van der Waals surface area (Å²) in [6, 6.07) is 17.3. The number of ether oxygens (including phenoxy) is 2. The van der Waals surface area contributed by atoms with E-state index in [1.165, 1.54) is 0 Å². The van der Waals surface area contributed by atoms with E-state index in [2.05, 4.69) is 0 Å². The highest BCUT2D eigenvalue weighted by Gasteiger charge is 2.30. The number of carbonyl (C=O) groups excluding carboxylic acids is 2. The molecule has 1 aliphatic rings. The van der Waals surface area contributed by atoms with Gasteiger partial charge in [0.25, 0.3) is 0 Å². The number of aryl methyl sites for hydroxylation is 1. The van der Waals surface area contributed by atoms with E-state index in [1.54, 1.807) is 67.6 Å². The summed E-state index contributed by atoms with van der Waals surface area (Å²) in [6.45, 7) is 1.68. The van der Waals surface area contributed by atoms with Crippen molar-refractivity contribution in [3.05, 3.63) is 98.7 Å². The van der Waals surface area contributed by atoms with E-state index in [1.807, 2.05) is 6.07 Å². The molecule has 1 aliphatic heterocycles. The first kappa shape index (κ1) is 20.2. The van der Waals surface area contributed by atoms with Gasteiger partial charge in [-0.25, -0.2) is 0 Å². The SMILES string of the molecule is Cc1cc(OCC(=O)c2ccccc2)cc2c1C(=O)/C(=C/c1ccc(Cl)cc1Cl)O2. The number of ketones is 2. The highest BCUT2D eigenvalue weighted by atomic mass is 35.5. The summed E-state index contributed by atoms with van der Waals surface area (Å²) >= 11 is 12.1. The molecule has 0 bridgehead atoms. The maximum absolute atomic E-state index is 12.8. The number of benzene rings is 3. The third-order valence-electron chi connectivity index (χ3n) is 4.66. The topological polar surface area (TPSA) is 52.6 Å². The Kier molecular flexibility index (Phi) is 5.62. The summed E-state index contributed by atoms with van der Waals surface area (Å²) in [7, 11) is 0. The molecule has 4 rings (SSSR count). The van der Waals surface area contributed by atoms with Gasteiger partial charge in [0.05, 0.1) is 5.56 Å². The number of carbonyl (C=O) groups is 2. The Morgan fingerprint density at radius 2 is 1.83 bits per heavy atom. The number of halogens is 2. The maximum atomic E-state index is 12.8. The number of hydrogen-bond acceptors (Lipinski definition) is 4. The first-order chi connectivity index (χ1) is 14.4. The molecule has 0 spiro atoms. The van der Waals surface area contributed by atoms with Gasteiger partial charge < -0.3 is 9.47 Å². The van der Waals surface area contributed by atoms with Crippen molar-refractivity contribution in [2.45, 2.75) is 6.92 Å². The van der Waals surface area contributed by atoms with Crippen LogP contribution in [0, 0.1) is 6.92 Å². The lowest BCUT2D eigenvalue weighted by Crippen LogP contribution is -2.11. The van der Waals surface area contributed by atoms with Gasteiger partial charge in [0, 0.05) is 21.7 Å².